The van der Waals surface area contributed by atoms with Crippen LogP contribution in [0.15, 0.2) is 24.3 Å². The Morgan fingerprint density at radius 3 is 2.13 bits per heavy atom. The van der Waals surface area contributed by atoms with Gasteiger partial charge in [0, 0.05) is 15.7 Å². The van der Waals surface area contributed by atoms with Gasteiger partial charge in [0.2, 0.25) is 0 Å². The fraction of sp³-hybridized carbons (Fsp3) is 0.500. The van der Waals surface area contributed by atoms with Gasteiger partial charge in [-0.3, -0.25) is 0 Å². The van der Waals surface area contributed by atoms with Gasteiger partial charge in [0.15, 0.2) is 0 Å². The van der Waals surface area contributed by atoms with Crippen LogP contribution in [0.3, 0.4) is 0 Å². The third-order valence-corrected chi connectivity index (χ3v) is 2.79. The van der Waals surface area contributed by atoms with Gasteiger partial charge >= 0.3 is 0 Å². The van der Waals surface area contributed by atoms with E-state index in [0.29, 0.717) is 12.1 Å². The molecular formula is C12H19ClIN. The molecule has 1 N–H and O–H groups in total. The van der Waals surface area contributed by atoms with E-state index in [2.05, 4.69) is 72.9 Å². The van der Waals surface area contributed by atoms with Crippen LogP contribution in [0.25, 0.3) is 0 Å². The first kappa shape index (κ1) is 15.2. The van der Waals surface area contributed by atoms with Gasteiger partial charge in [-0.05, 0) is 53.6 Å². The summed E-state index contributed by atoms with van der Waals surface area (Å²) >= 11 is 2.33. The fourth-order valence-electron chi connectivity index (χ4n) is 1.60. The lowest BCUT2D eigenvalue weighted by atomic mass is 10.1. The molecular weight excluding hydrogens is 320 g/mol. The smallest absolute Gasteiger partial charge is 0.0130 e. The second-order valence-electron chi connectivity index (χ2n) is 4.05. The second-order valence-corrected chi connectivity index (χ2v) is 5.30. The maximum atomic E-state index is 3.50. The van der Waals surface area contributed by atoms with Crippen LogP contribution in [-0.4, -0.2) is 12.1 Å². The Kier molecular flexibility index (Phi) is 7.57. The lowest BCUT2D eigenvalue weighted by Gasteiger charge is -2.16. The maximum absolute atomic E-state index is 3.50. The molecule has 1 nitrogen and oxygen atoms in total. The average molecular weight is 340 g/mol. The molecule has 0 fully saturated rings. The molecule has 1 rings (SSSR count). The highest BCUT2D eigenvalue weighted by molar-refractivity contribution is 14.1. The molecule has 0 amide bonds. The molecule has 0 radical (unpaired) electrons. The normalized spacial score (nSPS) is 12.3. The molecule has 0 aliphatic carbocycles. The number of rotatable bonds is 4. The van der Waals surface area contributed by atoms with Crippen molar-refractivity contribution in [3.8, 4) is 0 Å². The van der Waals surface area contributed by atoms with E-state index in [9.17, 15) is 0 Å². The molecule has 15 heavy (non-hydrogen) atoms. The first-order valence-corrected chi connectivity index (χ1v) is 6.16. The summed E-state index contributed by atoms with van der Waals surface area (Å²) in [6.45, 7) is 6.60. The maximum Gasteiger partial charge on any atom is 0.0130 e. The van der Waals surface area contributed by atoms with E-state index in [1.165, 1.54) is 9.13 Å². The van der Waals surface area contributed by atoms with Crippen LogP contribution >= 0.6 is 35.0 Å². The molecule has 0 saturated carbocycles. The third-order valence-electron chi connectivity index (χ3n) is 2.07. The highest BCUT2D eigenvalue weighted by atomic mass is 127. The number of hydrogen-bond acceptors (Lipinski definition) is 1. The standard InChI is InChI=1S/C12H18IN.ClH/c1-9(2)14-10(3)8-11-4-6-12(13)7-5-11;/h4-7,9-10,14H,8H2,1-3H3;1H/t10-;/m1./s1. The largest absolute Gasteiger partial charge is 0.312 e. The van der Waals surface area contributed by atoms with E-state index < -0.39 is 0 Å². The summed E-state index contributed by atoms with van der Waals surface area (Å²) in [7, 11) is 0. The zero-order valence-electron chi connectivity index (χ0n) is 9.46. The molecule has 0 bridgehead atoms. The van der Waals surface area contributed by atoms with Crippen LogP contribution in [0.2, 0.25) is 0 Å². The molecule has 0 aliphatic rings. The molecule has 0 unspecified atom stereocenters. The van der Waals surface area contributed by atoms with Gasteiger partial charge < -0.3 is 5.32 Å². The van der Waals surface area contributed by atoms with E-state index in [1.807, 2.05) is 0 Å². The third kappa shape index (κ3) is 6.38. The Hall–Kier alpha value is 0.200. The van der Waals surface area contributed by atoms with Gasteiger partial charge in [0.25, 0.3) is 0 Å². The predicted octanol–water partition coefficient (Wildman–Crippen LogP) is 3.64. The van der Waals surface area contributed by atoms with Crippen molar-refractivity contribution in [1.82, 2.24) is 5.32 Å². The van der Waals surface area contributed by atoms with Crippen molar-refractivity contribution < 1.29 is 0 Å². The molecule has 0 aliphatic heterocycles. The van der Waals surface area contributed by atoms with Gasteiger partial charge in [-0.25, -0.2) is 0 Å². The Labute approximate surface area is 113 Å². The fourth-order valence-corrected chi connectivity index (χ4v) is 1.96. The quantitative estimate of drug-likeness (QED) is 0.826. The van der Waals surface area contributed by atoms with E-state index >= 15 is 0 Å². The van der Waals surface area contributed by atoms with Gasteiger partial charge in [0.1, 0.15) is 0 Å². The Morgan fingerprint density at radius 2 is 1.67 bits per heavy atom. The van der Waals surface area contributed by atoms with E-state index in [0.717, 1.165) is 6.42 Å². The van der Waals surface area contributed by atoms with Gasteiger partial charge in [0.05, 0.1) is 0 Å². The molecule has 0 aromatic heterocycles. The summed E-state index contributed by atoms with van der Waals surface area (Å²) in [4.78, 5) is 0. The topological polar surface area (TPSA) is 12.0 Å². The van der Waals surface area contributed by atoms with Crippen molar-refractivity contribution in [1.29, 1.82) is 0 Å². The first-order valence-electron chi connectivity index (χ1n) is 5.08. The molecule has 1 aromatic carbocycles. The minimum absolute atomic E-state index is 0. The van der Waals surface area contributed by atoms with Crippen LogP contribution in [0.1, 0.15) is 26.3 Å². The number of halogens is 2. The summed E-state index contributed by atoms with van der Waals surface area (Å²) in [6.07, 6.45) is 1.11. The molecule has 0 spiro atoms. The number of nitrogens with one attached hydrogen (secondary N) is 1. The average Bonchev–Trinajstić information content (AvgIpc) is 2.07. The molecule has 1 aromatic rings. The first-order chi connectivity index (χ1) is 6.58. The van der Waals surface area contributed by atoms with E-state index in [4.69, 9.17) is 0 Å². The van der Waals surface area contributed by atoms with Crippen molar-refractivity contribution in [2.45, 2.75) is 39.3 Å². The summed E-state index contributed by atoms with van der Waals surface area (Å²) in [5.41, 5.74) is 1.41. The van der Waals surface area contributed by atoms with Gasteiger partial charge in [-0.1, -0.05) is 26.0 Å². The number of benzene rings is 1. The van der Waals surface area contributed by atoms with Crippen molar-refractivity contribution in [3.05, 3.63) is 33.4 Å². The SMILES string of the molecule is CC(C)N[C@H](C)Cc1ccc(I)cc1.Cl. The minimum atomic E-state index is 0. The summed E-state index contributed by atoms with van der Waals surface area (Å²) in [5.74, 6) is 0. The lowest BCUT2D eigenvalue weighted by Crippen LogP contribution is -2.33. The highest BCUT2D eigenvalue weighted by Gasteiger charge is 2.04. The van der Waals surface area contributed by atoms with Crippen LogP contribution < -0.4 is 5.32 Å². The summed E-state index contributed by atoms with van der Waals surface area (Å²) < 4.78 is 1.30. The summed E-state index contributed by atoms with van der Waals surface area (Å²) in [6, 6.07) is 9.86. The molecule has 0 heterocycles. The predicted molar refractivity (Wildman–Crippen MR) is 77.8 cm³/mol. The van der Waals surface area contributed by atoms with Gasteiger partial charge in [-0.15, -0.1) is 12.4 Å². The van der Waals surface area contributed by atoms with Crippen LogP contribution in [0, 0.1) is 3.57 Å². The van der Waals surface area contributed by atoms with E-state index in [-0.39, 0.29) is 12.4 Å². The monoisotopic (exact) mass is 339 g/mol. The minimum Gasteiger partial charge on any atom is -0.312 e. The molecule has 86 valence electrons. The van der Waals surface area contributed by atoms with Crippen molar-refractivity contribution >= 4 is 35.0 Å². The zero-order chi connectivity index (χ0) is 10.6. The van der Waals surface area contributed by atoms with Crippen molar-refractivity contribution in [2.24, 2.45) is 0 Å². The molecule has 0 saturated heterocycles. The Bertz CT molecular complexity index is 271. The molecule has 3 heteroatoms. The lowest BCUT2D eigenvalue weighted by molar-refractivity contribution is 0.488. The van der Waals surface area contributed by atoms with Crippen LogP contribution in [0.4, 0.5) is 0 Å². The Balaban J connectivity index is 0.00000196. The van der Waals surface area contributed by atoms with E-state index in [1.54, 1.807) is 0 Å². The van der Waals surface area contributed by atoms with Crippen LogP contribution in [0.5, 0.6) is 0 Å². The number of hydrogen-bond donors (Lipinski definition) is 1. The highest BCUT2D eigenvalue weighted by Crippen LogP contribution is 2.08. The second kappa shape index (κ2) is 7.47. The van der Waals surface area contributed by atoms with Crippen molar-refractivity contribution in [3.63, 3.8) is 0 Å². The van der Waals surface area contributed by atoms with Crippen LogP contribution in [-0.2, 0) is 6.42 Å². The molecule has 1 atom stereocenters. The zero-order valence-corrected chi connectivity index (χ0v) is 12.4. The summed E-state index contributed by atoms with van der Waals surface area (Å²) in [5, 5.41) is 3.50. The van der Waals surface area contributed by atoms with Crippen molar-refractivity contribution in [2.75, 3.05) is 0 Å². The van der Waals surface area contributed by atoms with Gasteiger partial charge in [-0.2, -0.15) is 0 Å². The Morgan fingerprint density at radius 1 is 1.13 bits per heavy atom.